The van der Waals surface area contributed by atoms with E-state index >= 15 is 4.39 Å². The van der Waals surface area contributed by atoms with Crippen LogP contribution in [0, 0.1) is 18.6 Å². The van der Waals surface area contributed by atoms with Crippen LogP contribution >= 0.6 is 0 Å². The van der Waals surface area contributed by atoms with Gasteiger partial charge in [0.05, 0.1) is 22.8 Å². The summed E-state index contributed by atoms with van der Waals surface area (Å²) >= 11 is 0. The van der Waals surface area contributed by atoms with Gasteiger partial charge in [0, 0.05) is 50.1 Å². The second kappa shape index (κ2) is 10.4. The van der Waals surface area contributed by atoms with Crippen LogP contribution in [0.3, 0.4) is 0 Å². The van der Waals surface area contributed by atoms with Crippen LogP contribution in [-0.2, 0) is 6.18 Å². The zero-order chi connectivity index (χ0) is 33.2. The lowest BCUT2D eigenvalue weighted by atomic mass is 9.94. The van der Waals surface area contributed by atoms with E-state index in [1.165, 1.54) is 0 Å². The minimum Gasteiger partial charge on any atom is -0.472 e. The molecule has 4 saturated heterocycles. The summed E-state index contributed by atoms with van der Waals surface area (Å²) < 4.78 is 116. The number of hydrogen-bond donors (Lipinski definition) is 2. The first-order valence-electron chi connectivity index (χ1n) is 15.7. The van der Waals surface area contributed by atoms with Gasteiger partial charge in [0.1, 0.15) is 53.3 Å². The second-order valence-corrected chi connectivity index (χ2v) is 13.5. The van der Waals surface area contributed by atoms with Crippen molar-refractivity contribution in [1.82, 2.24) is 25.2 Å². The predicted octanol–water partition coefficient (Wildman–Crippen LogP) is 4.87. The van der Waals surface area contributed by atoms with Crippen LogP contribution in [0.5, 0.6) is 11.9 Å². The van der Waals surface area contributed by atoms with Crippen LogP contribution in [0.25, 0.3) is 22.2 Å². The van der Waals surface area contributed by atoms with Crippen LogP contribution in [0.4, 0.5) is 42.2 Å². The summed E-state index contributed by atoms with van der Waals surface area (Å²) in [6.45, 7) is 3.11. The summed E-state index contributed by atoms with van der Waals surface area (Å²) in [5, 5.41) is 3.61. The zero-order valence-corrected chi connectivity index (χ0v) is 25.5. The number of anilines is 2. The first kappa shape index (κ1) is 30.7. The Labute approximate surface area is 264 Å². The van der Waals surface area contributed by atoms with Crippen LogP contribution in [0.2, 0.25) is 0 Å². The molecule has 0 saturated carbocycles. The largest absolute Gasteiger partial charge is 0.472 e. The average Bonchev–Trinajstić information content (AvgIpc) is 3.59. The van der Waals surface area contributed by atoms with Crippen LogP contribution in [-0.4, -0.2) is 88.2 Å². The van der Waals surface area contributed by atoms with E-state index in [9.17, 15) is 26.3 Å². The predicted molar refractivity (Wildman–Crippen MR) is 157 cm³/mol. The lowest BCUT2D eigenvalue weighted by Crippen LogP contribution is -2.62. The Balaban J connectivity index is 1.33. The topological polar surface area (TPSA) is 102 Å². The first-order chi connectivity index (χ1) is 22.2. The van der Waals surface area contributed by atoms with Gasteiger partial charge in [0.2, 0.25) is 5.88 Å². The summed E-state index contributed by atoms with van der Waals surface area (Å²) in [5.74, 6) is -2.48. The Kier molecular flexibility index (Phi) is 6.80. The molecule has 3 N–H and O–H groups in total. The number of alkyl halides is 5. The monoisotopic (exact) mass is 667 g/mol. The fourth-order valence-corrected chi connectivity index (χ4v) is 8.55. The Morgan fingerprint density at radius 3 is 2.49 bits per heavy atom. The molecule has 252 valence electrons. The fourth-order valence-electron chi connectivity index (χ4n) is 8.55. The molecule has 0 spiro atoms. The van der Waals surface area contributed by atoms with Gasteiger partial charge >= 0.3 is 12.2 Å². The van der Waals surface area contributed by atoms with Gasteiger partial charge in [-0.05, 0) is 38.3 Å². The van der Waals surface area contributed by atoms with Crippen molar-refractivity contribution in [2.75, 3.05) is 36.9 Å². The van der Waals surface area contributed by atoms with Crippen molar-refractivity contribution in [3.63, 3.8) is 0 Å². The van der Waals surface area contributed by atoms with E-state index in [0.717, 1.165) is 19.8 Å². The van der Waals surface area contributed by atoms with Crippen molar-refractivity contribution in [2.24, 2.45) is 0 Å². The summed E-state index contributed by atoms with van der Waals surface area (Å²) in [7, 11) is 0. The molecule has 9 nitrogen and oxygen atoms in total. The number of halogens is 7. The van der Waals surface area contributed by atoms with Crippen LogP contribution in [0.15, 0.2) is 6.07 Å². The van der Waals surface area contributed by atoms with Gasteiger partial charge in [-0.25, -0.2) is 22.5 Å². The number of ether oxygens (including phenoxy) is 2. The van der Waals surface area contributed by atoms with E-state index in [2.05, 4.69) is 20.3 Å². The van der Waals surface area contributed by atoms with Crippen molar-refractivity contribution in [1.29, 1.82) is 0 Å². The summed E-state index contributed by atoms with van der Waals surface area (Å²) in [6.07, 6.45) is -6.21. The van der Waals surface area contributed by atoms with Crippen molar-refractivity contribution in [3.8, 4) is 23.1 Å². The van der Waals surface area contributed by atoms with E-state index in [0.29, 0.717) is 12.6 Å². The third-order valence-corrected chi connectivity index (χ3v) is 10.5. The van der Waals surface area contributed by atoms with Gasteiger partial charge in [0.15, 0.2) is 5.82 Å². The maximum Gasteiger partial charge on any atom is 0.417 e. The van der Waals surface area contributed by atoms with E-state index in [-0.39, 0.29) is 73.8 Å². The molecular formula is C31H32F7N7O2. The second-order valence-electron chi connectivity index (χ2n) is 13.5. The third kappa shape index (κ3) is 4.68. The maximum absolute atomic E-state index is 16.8. The number of nitrogens with zero attached hydrogens (tertiary/aromatic N) is 5. The first-order valence-corrected chi connectivity index (χ1v) is 15.7. The molecule has 7 heterocycles. The number of hydrogen-bond acceptors (Lipinski definition) is 9. The lowest BCUT2D eigenvalue weighted by Gasteiger charge is -2.42. The molecule has 3 aromatic rings. The number of nitrogens with two attached hydrogens (primary N) is 1. The summed E-state index contributed by atoms with van der Waals surface area (Å²) in [4.78, 5) is 17.0. The van der Waals surface area contributed by atoms with Gasteiger partial charge in [-0.1, -0.05) is 0 Å². The number of nitrogen functional groups attached to an aromatic ring is 1. The molecule has 1 unspecified atom stereocenters. The molecule has 2 aromatic heterocycles. The maximum atomic E-state index is 16.8. The molecule has 8 rings (SSSR count). The Morgan fingerprint density at radius 1 is 1.06 bits per heavy atom. The van der Waals surface area contributed by atoms with Crippen LogP contribution in [0.1, 0.15) is 43.7 Å². The van der Waals surface area contributed by atoms with Gasteiger partial charge < -0.3 is 25.4 Å². The van der Waals surface area contributed by atoms with Crippen molar-refractivity contribution in [3.05, 3.63) is 28.8 Å². The Morgan fingerprint density at radius 2 is 1.79 bits per heavy atom. The molecule has 47 heavy (non-hydrogen) atoms. The smallest absolute Gasteiger partial charge is 0.417 e. The minimum absolute atomic E-state index is 0.0273. The minimum atomic E-state index is -5.09. The van der Waals surface area contributed by atoms with E-state index < -0.39 is 75.4 Å². The van der Waals surface area contributed by atoms with Crippen molar-refractivity contribution < 1.29 is 40.2 Å². The third-order valence-electron chi connectivity index (χ3n) is 10.5. The number of fused-ring (bicyclic) bond motifs is 6. The van der Waals surface area contributed by atoms with E-state index in [4.69, 9.17) is 15.2 Å². The summed E-state index contributed by atoms with van der Waals surface area (Å²) in [5.41, 5.74) is -0.0444. The standard InChI is InChI=1S/C31H32F7N7O2/c1-12-21(31(36,37)38)17(5-18(39)22(12)34)24-23(35)25-20-27(45-10-16-3-4-19(40-16)26(45)13(2)47-28(20)41-24)43-29(42-25)46-11-30-6-14(32)8-44(30)9-15(33)7-30/h5,13-16,19,26,40H,3-4,6-11,39H2,1-2H3/t13-,14-,15+,16+,19-,26+,30?/m0/s1. The highest BCUT2D eigenvalue weighted by molar-refractivity contribution is 5.97. The van der Waals surface area contributed by atoms with E-state index in [1.54, 1.807) is 11.8 Å². The van der Waals surface area contributed by atoms with Gasteiger partial charge in [-0.2, -0.15) is 23.1 Å². The average molecular weight is 668 g/mol. The number of rotatable bonds is 4. The van der Waals surface area contributed by atoms with Crippen molar-refractivity contribution >= 4 is 22.4 Å². The number of benzene rings is 1. The lowest BCUT2D eigenvalue weighted by molar-refractivity contribution is -0.137. The van der Waals surface area contributed by atoms with Gasteiger partial charge in [0.25, 0.3) is 0 Å². The molecule has 16 heteroatoms. The molecule has 0 aliphatic carbocycles. The number of pyridine rings is 1. The molecule has 0 radical (unpaired) electrons. The quantitative estimate of drug-likeness (QED) is 0.298. The Bertz CT molecular complexity index is 1780. The molecule has 7 atom stereocenters. The molecule has 0 amide bonds. The number of piperazine rings is 1. The van der Waals surface area contributed by atoms with E-state index in [1.807, 2.05) is 4.90 Å². The molecule has 5 aliphatic heterocycles. The normalized spacial score (nSPS) is 31.6. The van der Waals surface area contributed by atoms with Crippen molar-refractivity contribution in [2.45, 2.75) is 87.8 Å². The fraction of sp³-hybridized carbons (Fsp3) is 0.581. The molecule has 1 aromatic carbocycles. The molecule has 4 fully saturated rings. The molecule has 2 bridgehead atoms. The number of aromatic nitrogens is 3. The summed E-state index contributed by atoms with van der Waals surface area (Å²) in [6, 6.07) is 0.158. The zero-order valence-electron chi connectivity index (χ0n) is 25.5. The highest BCUT2D eigenvalue weighted by Crippen LogP contribution is 2.48. The molecule has 5 aliphatic rings. The van der Waals surface area contributed by atoms with Gasteiger partial charge in [-0.3, -0.25) is 4.90 Å². The van der Waals surface area contributed by atoms with Crippen LogP contribution < -0.4 is 25.4 Å². The SMILES string of the molecule is Cc1c(F)c(N)cc(-c2nc3c4c(nc(OCC56C[C@H](F)CN5C[C@H](F)C6)nc4c2F)N2C[C@H]4CC[C@H](N4)[C@H]2[C@H](C)O3)c1C(F)(F)F. The van der Waals surface area contributed by atoms with Gasteiger partial charge in [-0.15, -0.1) is 0 Å². The molecular weight excluding hydrogens is 635 g/mol. The Hall–Kier alpha value is -3.66. The number of nitrogens with one attached hydrogen (secondary N) is 1. The highest BCUT2D eigenvalue weighted by atomic mass is 19.4. The highest BCUT2D eigenvalue weighted by Gasteiger charge is 2.53.